The van der Waals surface area contributed by atoms with Gasteiger partial charge in [-0.1, -0.05) is 0 Å². The van der Waals surface area contributed by atoms with Crippen molar-refractivity contribution in [3.05, 3.63) is 0 Å². The van der Waals surface area contributed by atoms with Crippen LogP contribution < -0.4 is 0 Å². The summed E-state index contributed by atoms with van der Waals surface area (Å²) in [4.78, 5) is 21.6. The van der Waals surface area contributed by atoms with E-state index in [-0.39, 0.29) is 51.4 Å². The Labute approximate surface area is 108 Å². The predicted octanol–water partition coefficient (Wildman–Crippen LogP) is -0.800. The Morgan fingerprint density at radius 1 is 1.09 bits per heavy atom. The minimum absolute atomic E-state index is 0. The first-order chi connectivity index (χ1) is 4.00. The summed E-state index contributed by atoms with van der Waals surface area (Å²) in [6, 6.07) is 0. The van der Waals surface area contributed by atoms with Crippen LogP contribution in [0.1, 0.15) is 20.8 Å². The van der Waals surface area contributed by atoms with Gasteiger partial charge in [-0.2, -0.15) is 0 Å². The van der Waals surface area contributed by atoms with Crippen LogP contribution in [0.4, 0.5) is 0 Å². The van der Waals surface area contributed by atoms with Crippen LogP contribution in [0, 0.1) is 0 Å². The van der Waals surface area contributed by atoms with Gasteiger partial charge in [0.25, 0.3) is 0 Å². The Balaban J connectivity index is -0.000000107. The second kappa shape index (κ2) is 7.14. The summed E-state index contributed by atoms with van der Waals surface area (Å²) >= 11 is 0. The fourth-order valence-corrected chi connectivity index (χ4v) is 0. The van der Waals surface area contributed by atoms with Crippen LogP contribution in [0.25, 0.3) is 0 Å². The molecular formula is C4H14KO5P. The summed E-state index contributed by atoms with van der Waals surface area (Å²) in [6.07, 6.45) is 0. The van der Waals surface area contributed by atoms with Crippen LogP contribution >= 0.6 is 7.82 Å². The van der Waals surface area contributed by atoms with E-state index in [2.05, 4.69) is 0 Å². The van der Waals surface area contributed by atoms with Gasteiger partial charge in [-0.05, 0) is 20.8 Å². The molecule has 11 heavy (non-hydrogen) atoms. The Hall–Kier alpha value is 1.71. The summed E-state index contributed by atoms with van der Waals surface area (Å²) in [5, 5.41) is 8.52. The maximum atomic E-state index is 8.88. The van der Waals surface area contributed by atoms with E-state index in [4.69, 9.17) is 24.4 Å². The maximum absolute atomic E-state index is 8.88. The van der Waals surface area contributed by atoms with Crippen molar-refractivity contribution in [2.24, 2.45) is 0 Å². The van der Waals surface area contributed by atoms with Gasteiger partial charge in [0.2, 0.25) is 0 Å². The molecule has 0 aliphatic rings. The van der Waals surface area contributed by atoms with Crippen LogP contribution in [0.2, 0.25) is 0 Å². The van der Waals surface area contributed by atoms with E-state index in [1.54, 1.807) is 20.8 Å². The zero-order valence-electron chi connectivity index (χ0n) is 6.14. The molecule has 0 aliphatic carbocycles. The van der Waals surface area contributed by atoms with Crippen LogP contribution in [0.5, 0.6) is 0 Å². The van der Waals surface area contributed by atoms with E-state index >= 15 is 0 Å². The molecule has 0 spiro atoms. The molecule has 66 valence electrons. The first-order valence-corrected chi connectivity index (χ1v) is 4.07. The van der Waals surface area contributed by atoms with Gasteiger partial charge in [0, 0.05) is 0 Å². The molecule has 0 amide bonds. The van der Waals surface area contributed by atoms with Crippen molar-refractivity contribution in [1.29, 1.82) is 0 Å². The molecule has 0 saturated carbocycles. The normalized spacial score (nSPS) is 10.8. The summed E-state index contributed by atoms with van der Waals surface area (Å²) in [5.74, 6) is 0. The fourth-order valence-electron chi connectivity index (χ4n) is 0. The molecular weight excluding hydrogens is 198 g/mol. The zero-order valence-corrected chi connectivity index (χ0v) is 7.04. The Morgan fingerprint density at radius 3 is 1.09 bits per heavy atom. The molecule has 0 heterocycles. The number of hydrogen-bond acceptors (Lipinski definition) is 2. The third-order valence-corrected chi connectivity index (χ3v) is 0. The van der Waals surface area contributed by atoms with E-state index in [9.17, 15) is 0 Å². The third kappa shape index (κ3) is 379. The van der Waals surface area contributed by atoms with E-state index in [1.807, 2.05) is 0 Å². The van der Waals surface area contributed by atoms with Gasteiger partial charge in [-0.3, -0.25) is 0 Å². The summed E-state index contributed by atoms with van der Waals surface area (Å²) in [5.41, 5.74) is -0.500. The van der Waals surface area contributed by atoms with Crippen molar-refractivity contribution in [3.8, 4) is 0 Å². The molecule has 0 saturated heterocycles. The molecule has 0 aromatic rings. The van der Waals surface area contributed by atoms with Gasteiger partial charge in [0.1, 0.15) is 0 Å². The first kappa shape index (κ1) is 18.5. The van der Waals surface area contributed by atoms with Gasteiger partial charge in [-0.25, -0.2) is 4.57 Å². The van der Waals surface area contributed by atoms with Gasteiger partial charge in [0.05, 0.1) is 5.60 Å². The Morgan fingerprint density at radius 2 is 1.09 bits per heavy atom. The molecule has 5 nitrogen and oxygen atoms in total. The van der Waals surface area contributed by atoms with Crippen LogP contribution in [-0.2, 0) is 4.57 Å². The molecule has 0 atom stereocenters. The minimum atomic E-state index is -4.64. The number of phosphoric acid groups is 1. The van der Waals surface area contributed by atoms with Crippen molar-refractivity contribution in [1.82, 2.24) is 0 Å². The van der Waals surface area contributed by atoms with Gasteiger partial charge in [-0.15, -0.1) is 0 Å². The van der Waals surface area contributed by atoms with Gasteiger partial charge in [0.15, 0.2) is 0 Å². The Bertz CT molecular complexity index is 111. The topological polar surface area (TPSA) is 98.0 Å². The van der Waals surface area contributed by atoms with Crippen molar-refractivity contribution in [3.63, 3.8) is 0 Å². The van der Waals surface area contributed by atoms with Crippen molar-refractivity contribution >= 4 is 59.2 Å². The molecule has 0 rings (SSSR count). The number of rotatable bonds is 0. The molecule has 0 bridgehead atoms. The molecule has 7 heteroatoms. The van der Waals surface area contributed by atoms with Gasteiger partial charge >= 0.3 is 59.2 Å². The van der Waals surface area contributed by atoms with E-state index in [0.717, 1.165) is 0 Å². The van der Waals surface area contributed by atoms with E-state index < -0.39 is 13.4 Å². The molecule has 4 N–H and O–H groups in total. The number of hydrogen-bond donors (Lipinski definition) is 4. The first-order valence-electron chi connectivity index (χ1n) is 2.51. The molecule has 0 fully saturated rings. The summed E-state index contributed by atoms with van der Waals surface area (Å²) in [6.45, 7) is 5.23. The molecule has 0 aliphatic heterocycles. The molecule has 0 aromatic heterocycles. The quantitative estimate of drug-likeness (QED) is 0.311. The van der Waals surface area contributed by atoms with E-state index in [0.29, 0.717) is 0 Å². The van der Waals surface area contributed by atoms with Crippen LogP contribution in [-0.4, -0.2) is 76.8 Å². The second-order valence-electron chi connectivity index (χ2n) is 2.68. The van der Waals surface area contributed by atoms with Crippen LogP contribution in [0.15, 0.2) is 0 Å². The molecule has 0 unspecified atom stereocenters. The third-order valence-electron chi connectivity index (χ3n) is 0. The zero-order chi connectivity index (χ0) is 9.00. The second-order valence-corrected chi connectivity index (χ2v) is 3.71. The van der Waals surface area contributed by atoms with Gasteiger partial charge < -0.3 is 19.8 Å². The monoisotopic (exact) mass is 212 g/mol. The fraction of sp³-hybridized carbons (Fsp3) is 1.00. The average Bonchev–Trinajstić information content (AvgIpc) is 1.12. The van der Waals surface area contributed by atoms with Crippen LogP contribution in [0.3, 0.4) is 0 Å². The number of aliphatic hydroxyl groups is 1. The van der Waals surface area contributed by atoms with Crippen molar-refractivity contribution in [2.75, 3.05) is 0 Å². The van der Waals surface area contributed by atoms with Crippen molar-refractivity contribution < 1.29 is 24.4 Å². The summed E-state index contributed by atoms with van der Waals surface area (Å²) < 4.78 is 8.88. The van der Waals surface area contributed by atoms with Crippen molar-refractivity contribution in [2.45, 2.75) is 26.4 Å². The Kier molecular flexibility index (Phi) is 12.0. The predicted molar refractivity (Wildman–Crippen MR) is 43.4 cm³/mol. The summed E-state index contributed by atoms with van der Waals surface area (Å²) in [7, 11) is -4.64. The van der Waals surface area contributed by atoms with E-state index in [1.165, 1.54) is 0 Å². The average molecular weight is 212 g/mol. The molecule has 0 aromatic carbocycles. The standard InChI is InChI=1S/C4H10O.K.H3O4P.H/c1-4(2,3)5;;1-5(2,3)4;/h5H,1-3H3;;(H3,1,2,3,4);. The SMILES string of the molecule is CC(C)(C)O.O=P(O)(O)O.[KH]. The molecule has 0 radical (unpaired) electrons.